The Labute approximate surface area is 146 Å². The molecule has 140 valence electrons. The monoisotopic (exact) mass is 371 g/mol. The first-order valence-corrected chi connectivity index (χ1v) is 7.35. The molecule has 0 aliphatic carbocycles. The Kier molecular flexibility index (Phi) is 6.48. The van der Waals surface area contributed by atoms with Crippen LogP contribution in [-0.2, 0) is 19.1 Å². The van der Waals surface area contributed by atoms with E-state index in [-0.39, 0.29) is 24.7 Å². The summed E-state index contributed by atoms with van der Waals surface area (Å²) in [5.41, 5.74) is 0.454. The highest BCUT2D eigenvalue weighted by Gasteiger charge is 2.28. The van der Waals surface area contributed by atoms with E-state index < -0.39 is 31.2 Å². The minimum absolute atomic E-state index is 0.0588. The van der Waals surface area contributed by atoms with E-state index in [9.17, 15) is 23.2 Å². The van der Waals surface area contributed by atoms with Crippen LogP contribution in [0.4, 0.5) is 13.6 Å². The Morgan fingerprint density at radius 3 is 2.73 bits per heavy atom. The number of hydrogen-bond acceptors (Lipinski definition) is 7. The molecule has 0 N–H and O–H groups in total. The van der Waals surface area contributed by atoms with Gasteiger partial charge in [-0.2, -0.15) is 8.78 Å². The SMILES string of the molecule is COc1cc(/C=C/C(=O)OCC(=O)N2CCOC2=O)ccc1OC(F)F. The van der Waals surface area contributed by atoms with Gasteiger partial charge in [-0.1, -0.05) is 6.07 Å². The van der Waals surface area contributed by atoms with Gasteiger partial charge in [0, 0.05) is 6.08 Å². The van der Waals surface area contributed by atoms with Crippen LogP contribution >= 0.6 is 0 Å². The van der Waals surface area contributed by atoms with Crippen LogP contribution in [0, 0.1) is 0 Å². The minimum Gasteiger partial charge on any atom is -0.493 e. The summed E-state index contributed by atoms with van der Waals surface area (Å²) in [7, 11) is 1.28. The van der Waals surface area contributed by atoms with Gasteiger partial charge in [0.1, 0.15) is 6.61 Å². The van der Waals surface area contributed by atoms with Gasteiger partial charge < -0.3 is 18.9 Å². The van der Waals surface area contributed by atoms with E-state index in [1.807, 2.05) is 0 Å². The Balaban J connectivity index is 1.91. The summed E-state index contributed by atoms with van der Waals surface area (Å²) < 4.78 is 43.1. The number of cyclic esters (lactones) is 1. The fraction of sp³-hybridized carbons (Fsp3) is 0.312. The third-order valence-corrected chi connectivity index (χ3v) is 3.22. The van der Waals surface area contributed by atoms with Crippen molar-refractivity contribution in [1.82, 2.24) is 4.90 Å². The largest absolute Gasteiger partial charge is 0.493 e. The number of halogens is 2. The smallest absolute Gasteiger partial charge is 0.416 e. The molecule has 10 heteroatoms. The summed E-state index contributed by atoms with van der Waals surface area (Å²) in [6.07, 6.45) is 1.60. The molecule has 1 aliphatic rings. The van der Waals surface area contributed by atoms with Gasteiger partial charge in [0.15, 0.2) is 18.1 Å². The number of carbonyl (C=O) groups is 3. The number of benzene rings is 1. The summed E-state index contributed by atoms with van der Waals surface area (Å²) in [4.78, 5) is 35.3. The van der Waals surface area contributed by atoms with Gasteiger partial charge in [-0.15, -0.1) is 0 Å². The second-order valence-electron chi connectivity index (χ2n) is 4.89. The van der Waals surface area contributed by atoms with Crippen molar-refractivity contribution >= 4 is 24.0 Å². The van der Waals surface area contributed by atoms with Gasteiger partial charge in [-0.05, 0) is 23.8 Å². The Hall–Kier alpha value is -3.17. The first-order valence-electron chi connectivity index (χ1n) is 7.35. The lowest BCUT2D eigenvalue weighted by Crippen LogP contribution is -2.35. The topological polar surface area (TPSA) is 91.4 Å². The number of hydrogen-bond donors (Lipinski definition) is 0. The molecule has 2 rings (SSSR count). The standard InChI is InChI=1S/C16H15F2NO7/c1-23-12-8-10(2-4-11(12)26-15(17)18)3-5-14(21)25-9-13(20)19-6-7-24-16(19)22/h2-5,8,15H,6-7,9H2,1H3/b5-3+. The van der Waals surface area contributed by atoms with Crippen molar-refractivity contribution in [1.29, 1.82) is 0 Å². The maximum Gasteiger partial charge on any atom is 0.416 e. The summed E-state index contributed by atoms with van der Waals surface area (Å²) in [5, 5.41) is 0. The fourth-order valence-corrected chi connectivity index (χ4v) is 2.02. The van der Waals surface area contributed by atoms with Crippen LogP contribution in [0.15, 0.2) is 24.3 Å². The first kappa shape index (κ1) is 19.2. The van der Waals surface area contributed by atoms with Gasteiger partial charge in [0.2, 0.25) is 0 Å². The molecule has 1 aromatic carbocycles. The molecular formula is C16H15F2NO7. The van der Waals surface area contributed by atoms with E-state index in [0.717, 1.165) is 11.0 Å². The molecule has 1 saturated heterocycles. The number of esters is 1. The maximum atomic E-state index is 12.3. The molecule has 1 aromatic rings. The van der Waals surface area contributed by atoms with E-state index in [1.54, 1.807) is 0 Å². The van der Waals surface area contributed by atoms with Crippen LogP contribution in [0.25, 0.3) is 6.08 Å². The summed E-state index contributed by atoms with van der Waals surface area (Å²) in [5.74, 6) is -1.60. The highest BCUT2D eigenvalue weighted by atomic mass is 19.3. The fourth-order valence-electron chi connectivity index (χ4n) is 2.02. The van der Waals surface area contributed by atoms with Crippen molar-refractivity contribution < 1.29 is 42.1 Å². The average molecular weight is 371 g/mol. The number of methoxy groups -OCH3 is 1. The molecule has 0 atom stereocenters. The minimum atomic E-state index is -2.99. The van der Waals surface area contributed by atoms with E-state index >= 15 is 0 Å². The number of alkyl halides is 2. The number of amides is 2. The number of rotatable bonds is 7. The summed E-state index contributed by atoms with van der Waals surface area (Å²) in [6.45, 7) is -3.39. The molecule has 2 amide bonds. The van der Waals surface area contributed by atoms with E-state index in [4.69, 9.17) is 9.47 Å². The second-order valence-corrected chi connectivity index (χ2v) is 4.89. The zero-order valence-corrected chi connectivity index (χ0v) is 13.6. The lowest BCUT2D eigenvalue weighted by Gasteiger charge is -2.10. The molecule has 0 saturated carbocycles. The van der Waals surface area contributed by atoms with Crippen molar-refractivity contribution in [2.75, 3.05) is 26.9 Å². The van der Waals surface area contributed by atoms with E-state index in [1.165, 1.54) is 31.4 Å². The molecule has 1 fully saturated rings. The molecule has 0 bridgehead atoms. The van der Waals surface area contributed by atoms with Crippen molar-refractivity contribution in [2.45, 2.75) is 6.61 Å². The molecule has 8 nitrogen and oxygen atoms in total. The third kappa shape index (κ3) is 5.16. The predicted octanol–water partition coefficient (Wildman–Crippen LogP) is 1.83. The van der Waals surface area contributed by atoms with E-state index in [0.29, 0.717) is 5.56 Å². The summed E-state index contributed by atoms with van der Waals surface area (Å²) >= 11 is 0. The average Bonchev–Trinajstić information content (AvgIpc) is 3.04. The van der Waals surface area contributed by atoms with Gasteiger partial charge in [0.05, 0.1) is 13.7 Å². The lowest BCUT2D eigenvalue weighted by atomic mass is 10.2. The van der Waals surface area contributed by atoms with Crippen molar-refractivity contribution in [3.05, 3.63) is 29.8 Å². The molecule has 0 spiro atoms. The lowest BCUT2D eigenvalue weighted by molar-refractivity contribution is -0.146. The highest BCUT2D eigenvalue weighted by Crippen LogP contribution is 2.29. The molecule has 0 aromatic heterocycles. The summed E-state index contributed by atoms with van der Waals surface area (Å²) in [6, 6.07) is 4.07. The Bertz CT molecular complexity index is 721. The van der Waals surface area contributed by atoms with Gasteiger partial charge in [-0.3, -0.25) is 4.79 Å². The van der Waals surface area contributed by atoms with Crippen LogP contribution in [-0.4, -0.2) is 56.3 Å². The quantitative estimate of drug-likeness (QED) is 0.533. The molecule has 0 unspecified atom stereocenters. The van der Waals surface area contributed by atoms with Crippen LogP contribution in [0.5, 0.6) is 11.5 Å². The second kappa shape index (κ2) is 8.79. The molecule has 26 heavy (non-hydrogen) atoms. The Morgan fingerprint density at radius 1 is 1.35 bits per heavy atom. The predicted molar refractivity (Wildman–Crippen MR) is 82.7 cm³/mol. The van der Waals surface area contributed by atoms with Crippen molar-refractivity contribution in [2.24, 2.45) is 0 Å². The highest BCUT2D eigenvalue weighted by molar-refractivity contribution is 5.95. The normalized spacial score (nSPS) is 13.8. The van der Waals surface area contributed by atoms with Crippen molar-refractivity contribution in [3.8, 4) is 11.5 Å². The molecule has 1 aliphatic heterocycles. The number of imide groups is 1. The number of ether oxygens (including phenoxy) is 4. The number of nitrogens with zero attached hydrogens (tertiary/aromatic N) is 1. The number of carbonyl (C=O) groups excluding carboxylic acids is 3. The van der Waals surface area contributed by atoms with Gasteiger partial charge in [-0.25, -0.2) is 14.5 Å². The van der Waals surface area contributed by atoms with Gasteiger partial charge in [0.25, 0.3) is 5.91 Å². The molecule has 0 radical (unpaired) electrons. The van der Waals surface area contributed by atoms with Crippen LogP contribution in [0.3, 0.4) is 0 Å². The zero-order chi connectivity index (χ0) is 19.1. The Morgan fingerprint density at radius 2 is 2.12 bits per heavy atom. The zero-order valence-electron chi connectivity index (χ0n) is 13.6. The maximum absolute atomic E-state index is 12.3. The third-order valence-electron chi connectivity index (χ3n) is 3.22. The van der Waals surface area contributed by atoms with Crippen LogP contribution in [0.1, 0.15) is 5.56 Å². The van der Waals surface area contributed by atoms with Crippen LogP contribution < -0.4 is 9.47 Å². The molecule has 1 heterocycles. The van der Waals surface area contributed by atoms with Gasteiger partial charge >= 0.3 is 18.7 Å². The van der Waals surface area contributed by atoms with Crippen molar-refractivity contribution in [3.63, 3.8) is 0 Å². The van der Waals surface area contributed by atoms with E-state index in [2.05, 4.69) is 9.47 Å². The molecular weight excluding hydrogens is 356 g/mol. The first-order chi connectivity index (χ1) is 12.4. The van der Waals surface area contributed by atoms with Crippen LogP contribution in [0.2, 0.25) is 0 Å².